The minimum absolute atomic E-state index is 0.264. The van der Waals surface area contributed by atoms with E-state index in [1.165, 1.54) is 7.11 Å². The van der Waals surface area contributed by atoms with Crippen LogP contribution in [-0.4, -0.2) is 22.9 Å². The van der Waals surface area contributed by atoms with Gasteiger partial charge in [0.2, 0.25) is 0 Å². The van der Waals surface area contributed by atoms with Crippen molar-refractivity contribution >= 4 is 17.6 Å². The third-order valence-electron chi connectivity index (χ3n) is 2.57. The Morgan fingerprint density at radius 3 is 2.68 bits per heavy atom. The van der Waals surface area contributed by atoms with Crippen molar-refractivity contribution in [1.82, 2.24) is 9.78 Å². The van der Waals surface area contributed by atoms with Crippen molar-refractivity contribution in [1.29, 1.82) is 0 Å². The van der Waals surface area contributed by atoms with Gasteiger partial charge in [-0.25, -0.2) is 4.79 Å². The van der Waals surface area contributed by atoms with Gasteiger partial charge >= 0.3 is 5.97 Å². The molecular formula is C13H13ClN2O3. The first kappa shape index (κ1) is 13.4. The average molecular weight is 281 g/mol. The highest BCUT2D eigenvalue weighted by molar-refractivity contribution is 6.30. The zero-order valence-corrected chi connectivity index (χ0v) is 11.3. The van der Waals surface area contributed by atoms with Crippen molar-refractivity contribution in [3.05, 3.63) is 46.7 Å². The maximum absolute atomic E-state index is 11.3. The van der Waals surface area contributed by atoms with E-state index >= 15 is 0 Å². The first-order valence-corrected chi connectivity index (χ1v) is 5.97. The van der Waals surface area contributed by atoms with Gasteiger partial charge < -0.3 is 9.47 Å². The first-order chi connectivity index (χ1) is 9.10. The van der Waals surface area contributed by atoms with E-state index in [0.717, 1.165) is 5.69 Å². The Kier molecular flexibility index (Phi) is 4.06. The topological polar surface area (TPSA) is 53.4 Å². The summed E-state index contributed by atoms with van der Waals surface area (Å²) in [6.07, 6.45) is 0. The van der Waals surface area contributed by atoms with Crippen LogP contribution in [0.3, 0.4) is 0 Å². The molecule has 0 spiro atoms. The normalized spacial score (nSPS) is 10.3. The molecule has 2 aromatic rings. The minimum atomic E-state index is -0.464. The summed E-state index contributed by atoms with van der Waals surface area (Å²) in [6.45, 7) is 0.308. The molecule has 1 aromatic heterocycles. The van der Waals surface area contributed by atoms with Gasteiger partial charge in [0.05, 0.1) is 12.8 Å². The number of esters is 1. The summed E-state index contributed by atoms with van der Waals surface area (Å²) in [5.74, 6) is 0.235. The lowest BCUT2D eigenvalue weighted by Gasteiger charge is -2.05. The van der Waals surface area contributed by atoms with Gasteiger partial charge in [0.15, 0.2) is 5.69 Å². The lowest BCUT2D eigenvalue weighted by Crippen LogP contribution is -2.04. The van der Waals surface area contributed by atoms with E-state index in [1.807, 2.05) is 0 Å². The zero-order chi connectivity index (χ0) is 13.8. The summed E-state index contributed by atoms with van der Waals surface area (Å²) in [4.78, 5) is 11.3. The number of methoxy groups -OCH3 is 1. The van der Waals surface area contributed by atoms with E-state index in [-0.39, 0.29) is 5.69 Å². The van der Waals surface area contributed by atoms with E-state index in [9.17, 15) is 4.79 Å². The second-order valence-corrected chi connectivity index (χ2v) is 4.32. The quantitative estimate of drug-likeness (QED) is 0.807. The molecule has 0 aliphatic heterocycles. The molecule has 0 aliphatic rings. The molecule has 1 heterocycles. The maximum Gasteiger partial charge on any atom is 0.358 e. The highest BCUT2D eigenvalue weighted by atomic mass is 35.5. The van der Waals surface area contributed by atoms with Crippen LogP contribution in [0.1, 0.15) is 16.2 Å². The number of carbonyl (C=O) groups is 1. The summed E-state index contributed by atoms with van der Waals surface area (Å²) < 4.78 is 11.8. The number of hydrogen-bond donors (Lipinski definition) is 0. The number of hydrogen-bond acceptors (Lipinski definition) is 4. The van der Waals surface area contributed by atoms with Crippen molar-refractivity contribution in [2.24, 2.45) is 7.05 Å². The molecule has 0 amide bonds. The van der Waals surface area contributed by atoms with E-state index in [2.05, 4.69) is 9.84 Å². The van der Waals surface area contributed by atoms with Crippen LogP contribution in [0.4, 0.5) is 0 Å². The number of ether oxygens (including phenoxy) is 2. The van der Waals surface area contributed by atoms with Crippen LogP contribution in [0.2, 0.25) is 5.02 Å². The van der Waals surface area contributed by atoms with Crippen molar-refractivity contribution in [3.63, 3.8) is 0 Å². The molecule has 0 aliphatic carbocycles. The monoisotopic (exact) mass is 280 g/mol. The molecule has 0 unspecified atom stereocenters. The Morgan fingerprint density at radius 1 is 1.37 bits per heavy atom. The number of halogens is 1. The summed E-state index contributed by atoms with van der Waals surface area (Å²) in [6, 6.07) is 8.70. The third-order valence-corrected chi connectivity index (χ3v) is 2.82. The van der Waals surface area contributed by atoms with Crippen LogP contribution in [0.15, 0.2) is 30.3 Å². The zero-order valence-electron chi connectivity index (χ0n) is 10.6. The predicted molar refractivity (Wildman–Crippen MR) is 70.3 cm³/mol. The van der Waals surface area contributed by atoms with Gasteiger partial charge in [0.25, 0.3) is 0 Å². The van der Waals surface area contributed by atoms with Crippen LogP contribution >= 0.6 is 11.6 Å². The summed E-state index contributed by atoms with van der Waals surface area (Å²) in [7, 11) is 3.06. The SMILES string of the molecule is COC(=O)c1cc(COc2ccc(Cl)cc2)n(C)n1. The van der Waals surface area contributed by atoms with Gasteiger partial charge in [-0.1, -0.05) is 11.6 Å². The second-order valence-electron chi connectivity index (χ2n) is 3.88. The van der Waals surface area contributed by atoms with Crippen LogP contribution < -0.4 is 4.74 Å². The van der Waals surface area contributed by atoms with Crippen molar-refractivity contribution < 1.29 is 14.3 Å². The molecule has 0 fully saturated rings. The fourth-order valence-corrected chi connectivity index (χ4v) is 1.66. The summed E-state index contributed by atoms with van der Waals surface area (Å²) in [5.41, 5.74) is 1.04. The maximum atomic E-state index is 11.3. The third kappa shape index (κ3) is 3.26. The van der Waals surface area contributed by atoms with Crippen molar-refractivity contribution in [2.45, 2.75) is 6.61 Å². The molecule has 1 aromatic carbocycles. The molecule has 0 atom stereocenters. The number of aryl methyl sites for hydroxylation is 1. The fourth-order valence-electron chi connectivity index (χ4n) is 1.53. The van der Waals surface area contributed by atoms with Gasteiger partial charge in [-0.2, -0.15) is 5.10 Å². The van der Waals surface area contributed by atoms with Gasteiger partial charge in [-0.05, 0) is 30.3 Å². The fraction of sp³-hybridized carbons (Fsp3) is 0.231. The average Bonchev–Trinajstić information content (AvgIpc) is 2.79. The molecule has 0 radical (unpaired) electrons. The van der Waals surface area contributed by atoms with E-state index < -0.39 is 5.97 Å². The van der Waals surface area contributed by atoms with Crippen LogP contribution in [0.5, 0.6) is 5.75 Å². The van der Waals surface area contributed by atoms with Gasteiger partial charge in [-0.15, -0.1) is 0 Å². The van der Waals surface area contributed by atoms with Gasteiger partial charge in [0, 0.05) is 12.1 Å². The van der Waals surface area contributed by atoms with Gasteiger partial charge in [0.1, 0.15) is 12.4 Å². The summed E-state index contributed by atoms with van der Waals surface area (Å²) >= 11 is 5.79. The van der Waals surface area contributed by atoms with Crippen molar-refractivity contribution in [3.8, 4) is 5.75 Å². The molecule has 0 saturated heterocycles. The molecular weight excluding hydrogens is 268 g/mol. The minimum Gasteiger partial charge on any atom is -0.487 e. The largest absolute Gasteiger partial charge is 0.487 e. The van der Waals surface area contributed by atoms with E-state index in [0.29, 0.717) is 17.4 Å². The lowest BCUT2D eigenvalue weighted by atomic mass is 10.3. The number of rotatable bonds is 4. The number of aromatic nitrogens is 2. The molecule has 5 nitrogen and oxygen atoms in total. The smallest absolute Gasteiger partial charge is 0.358 e. The Hall–Kier alpha value is -2.01. The van der Waals surface area contributed by atoms with Crippen LogP contribution in [0.25, 0.3) is 0 Å². The number of nitrogens with zero attached hydrogens (tertiary/aromatic N) is 2. The Balaban J connectivity index is 2.05. The predicted octanol–water partition coefficient (Wildman–Crippen LogP) is 2.44. The highest BCUT2D eigenvalue weighted by Crippen LogP contribution is 2.17. The van der Waals surface area contributed by atoms with Gasteiger partial charge in [-0.3, -0.25) is 4.68 Å². The molecule has 0 bridgehead atoms. The first-order valence-electron chi connectivity index (χ1n) is 5.59. The Bertz CT molecular complexity index is 578. The molecule has 100 valence electrons. The molecule has 0 N–H and O–H groups in total. The van der Waals surface area contributed by atoms with E-state index in [1.54, 1.807) is 42.1 Å². The molecule has 19 heavy (non-hydrogen) atoms. The van der Waals surface area contributed by atoms with Crippen molar-refractivity contribution in [2.75, 3.05) is 7.11 Å². The van der Waals surface area contributed by atoms with Crippen LogP contribution in [-0.2, 0) is 18.4 Å². The second kappa shape index (κ2) is 5.75. The number of carbonyl (C=O) groups excluding carboxylic acids is 1. The Morgan fingerprint density at radius 2 is 2.05 bits per heavy atom. The molecule has 6 heteroatoms. The Labute approximate surface area is 115 Å². The summed E-state index contributed by atoms with van der Waals surface area (Å²) in [5, 5.41) is 4.70. The standard InChI is InChI=1S/C13H13ClN2O3/c1-16-10(7-12(15-16)13(17)18-2)8-19-11-5-3-9(14)4-6-11/h3-7H,8H2,1-2H3. The molecule has 2 rings (SSSR count). The molecule has 0 saturated carbocycles. The van der Waals surface area contributed by atoms with Crippen LogP contribution in [0, 0.1) is 0 Å². The van der Waals surface area contributed by atoms with E-state index in [4.69, 9.17) is 16.3 Å². The number of benzene rings is 1. The highest BCUT2D eigenvalue weighted by Gasteiger charge is 2.13. The lowest BCUT2D eigenvalue weighted by molar-refractivity contribution is 0.0593.